The lowest BCUT2D eigenvalue weighted by atomic mass is 10.0. The van der Waals surface area contributed by atoms with Crippen LogP contribution >= 0.6 is 0 Å². The van der Waals surface area contributed by atoms with Crippen molar-refractivity contribution in [3.8, 4) is 0 Å². The highest BCUT2D eigenvalue weighted by atomic mass is 15.4. The van der Waals surface area contributed by atoms with Crippen LogP contribution in [0.1, 0.15) is 20.3 Å². The molecule has 1 unspecified atom stereocenters. The zero-order chi connectivity index (χ0) is 11.1. The average molecular weight is 204 g/mol. The molecule has 0 aliphatic carbocycles. The van der Waals surface area contributed by atoms with Crippen LogP contribution in [0.25, 0.3) is 0 Å². The Hall–Kier alpha value is -1.28. The first-order chi connectivity index (χ1) is 7.24. The third kappa shape index (κ3) is 4.17. The normalized spacial score (nSPS) is 12.5. The van der Waals surface area contributed by atoms with Crippen LogP contribution in [0.5, 0.6) is 0 Å². The third-order valence-electron chi connectivity index (χ3n) is 2.40. The van der Waals surface area contributed by atoms with E-state index in [0.29, 0.717) is 12.0 Å². The number of hydrogen-bond acceptors (Lipinski definition) is 2. The highest BCUT2D eigenvalue weighted by Crippen LogP contribution is 2.08. The van der Waals surface area contributed by atoms with E-state index >= 15 is 0 Å². The Labute approximate surface area is 92.4 Å². The number of anilines is 1. The standard InChI is InChI=1S/C13H20N2/c1-4-8-13(11(2)3)15-14-12-9-6-5-7-10-12/h4-7,9-11,13-15H,1,8H2,2-3H3. The maximum absolute atomic E-state index is 3.77. The molecular weight excluding hydrogens is 184 g/mol. The Kier molecular flexibility index (Phi) is 4.91. The molecule has 0 radical (unpaired) electrons. The Morgan fingerprint density at radius 3 is 2.47 bits per heavy atom. The van der Waals surface area contributed by atoms with Gasteiger partial charge in [-0.05, 0) is 24.5 Å². The summed E-state index contributed by atoms with van der Waals surface area (Å²) in [4.78, 5) is 0. The molecule has 1 rings (SSSR count). The summed E-state index contributed by atoms with van der Waals surface area (Å²) < 4.78 is 0. The lowest BCUT2D eigenvalue weighted by Gasteiger charge is -2.22. The summed E-state index contributed by atoms with van der Waals surface area (Å²) in [6.45, 7) is 8.17. The lowest BCUT2D eigenvalue weighted by molar-refractivity contribution is 0.428. The van der Waals surface area contributed by atoms with Gasteiger partial charge in [-0.3, -0.25) is 0 Å². The van der Waals surface area contributed by atoms with E-state index in [2.05, 4.69) is 31.3 Å². The molecule has 1 atom stereocenters. The van der Waals surface area contributed by atoms with E-state index in [1.807, 2.05) is 36.4 Å². The molecule has 0 aliphatic rings. The van der Waals surface area contributed by atoms with Crippen molar-refractivity contribution in [3.63, 3.8) is 0 Å². The molecule has 0 saturated heterocycles. The average Bonchev–Trinajstić information content (AvgIpc) is 2.25. The summed E-state index contributed by atoms with van der Waals surface area (Å²) in [6, 6.07) is 10.5. The molecule has 1 aromatic rings. The molecule has 2 heteroatoms. The molecule has 0 amide bonds. The van der Waals surface area contributed by atoms with Gasteiger partial charge in [-0.1, -0.05) is 38.1 Å². The molecular formula is C13H20N2. The predicted octanol–water partition coefficient (Wildman–Crippen LogP) is 3.20. The van der Waals surface area contributed by atoms with E-state index < -0.39 is 0 Å². The van der Waals surface area contributed by atoms with Crippen molar-refractivity contribution in [1.82, 2.24) is 5.43 Å². The van der Waals surface area contributed by atoms with Crippen LogP contribution in [-0.4, -0.2) is 6.04 Å². The predicted molar refractivity (Wildman–Crippen MR) is 66.6 cm³/mol. The summed E-state index contributed by atoms with van der Waals surface area (Å²) in [5.41, 5.74) is 7.62. The van der Waals surface area contributed by atoms with Crippen molar-refractivity contribution in [2.75, 3.05) is 5.43 Å². The van der Waals surface area contributed by atoms with E-state index in [4.69, 9.17) is 0 Å². The van der Waals surface area contributed by atoms with Gasteiger partial charge >= 0.3 is 0 Å². The SMILES string of the molecule is C=CCC(NNc1ccccc1)C(C)C. The van der Waals surface area contributed by atoms with Crippen LogP contribution in [0.2, 0.25) is 0 Å². The minimum absolute atomic E-state index is 0.419. The van der Waals surface area contributed by atoms with Crippen molar-refractivity contribution in [3.05, 3.63) is 43.0 Å². The maximum Gasteiger partial charge on any atom is 0.0487 e. The number of hydrazine groups is 1. The molecule has 82 valence electrons. The fourth-order valence-electron chi connectivity index (χ4n) is 1.37. The van der Waals surface area contributed by atoms with Crippen LogP contribution in [0.4, 0.5) is 5.69 Å². The molecule has 0 saturated carbocycles. The van der Waals surface area contributed by atoms with Crippen LogP contribution in [0.15, 0.2) is 43.0 Å². The smallest absolute Gasteiger partial charge is 0.0487 e. The van der Waals surface area contributed by atoms with Gasteiger partial charge in [-0.2, -0.15) is 0 Å². The second kappa shape index (κ2) is 6.25. The fraction of sp³-hybridized carbons (Fsp3) is 0.385. The molecule has 0 fully saturated rings. The van der Waals surface area contributed by atoms with Crippen molar-refractivity contribution in [2.45, 2.75) is 26.3 Å². The molecule has 2 N–H and O–H groups in total. The summed E-state index contributed by atoms with van der Waals surface area (Å²) in [5.74, 6) is 0.583. The minimum atomic E-state index is 0.419. The van der Waals surface area contributed by atoms with Gasteiger partial charge in [0.2, 0.25) is 0 Å². The first-order valence-corrected chi connectivity index (χ1v) is 5.41. The zero-order valence-electron chi connectivity index (χ0n) is 9.53. The van der Waals surface area contributed by atoms with Crippen LogP contribution < -0.4 is 10.9 Å². The molecule has 0 aromatic heterocycles. The van der Waals surface area contributed by atoms with E-state index in [0.717, 1.165) is 12.1 Å². The van der Waals surface area contributed by atoms with Gasteiger partial charge in [0.25, 0.3) is 0 Å². The fourth-order valence-corrected chi connectivity index (χ4v) is 1.37. The van der Waals surface area contributed by atoms with Gasteiger partial charge in [0.05, 0.1) is 0 Å². The van der Waals surface area contributed by atoms with E-state index in [1.54, 1.807) is 0 Å². The van der Waals surface area contributed by atoms with Crippen molar-refractivity contribution < 1.29 is 0 Å². The van der Waals surface area contributed by atoms with Crippen molar-refractivity contribution in [2.24, 2.45) is 5.92 Å². The molecule has 15 heavy (non-hydrogen) atoms. The number of hydrogen-bond donors (Lipinski definition) is 2. The number of para-hydroxylation sites is 1. The molecule has 0 heterocycles. The molecule has 0 bridgehead atoms. The van der Waals surface area contributed by atoms with Gasteiger partial charge < -0.3 is 5.43 Å². The maximum atomic E-state index is 3.77. The summed E-state index contributed by atoms with van der Waals surface area (Å²) in [5, 5.41) is 0. The number of nitrogens with one attached hydrogen (secondary N) is 2. The number of rotatable bonds is 6. The highest BCUT2D eigenvalue weighted by molar-refractivity contribution is 5.41. The van der Waals surface area contributed by atoms with Gasteiger partial charge in [0.1, 0.15) is 0 Å². The van der Waals surface area contributed by atoms with Crippen molar-refractivity contribution in [1.29, 1.82) is 0 Å². The highest BCUT2D eigenvalue weighted by Gasteiger charge is 2.09. The van der Waals surface area contributed by atoms with Gasteiger partial charge in [-0.15, -0.1) is 6.58 Å². The van der Waals surface area contributed by atoms with Crippen LogP contribution in [0, 0.1) is 5.92 Å². The Bertz CT molecular complexity index is 280. The quantitative estimate of drug-likeness (QED) is 0.549. The molecule has 1 aromatic carbocycles. The zero-order valence-corrected chi connectivity index (χ0v) is 9.53. The number of benzene rings is 1. The van der Waals surface area contributed by atoms with Gasteiger partial charge in [0, 0.05) is 11.7 Å². The summed E-state index contributed by atoms with van der Waals surface area (Å²) in [6.07, 6.45) is 2.92. The third-order valence-corrected chi connectivity index (χ3v) is 2.40. The van der Waals surface area contributed by atoms with Gasteiger partial charge in [0.15, 0.2) is 0 Å². The lowest BCUT2D eigenvalue weighted by Crippen LogP contribution is -2.37. The minimum Gasteiger partial charge on any atom is -0.321 e. The Morgan fingerprint density at radius 1 is 1.27 bits per heavy atom. The van der Waals surface area contributed by atoms with Crippen LogP contribution in [-0.2, 0) is 0 Å². The first-order valence-electron chi connectivity index (χ1n) is 5.41. The first kappa shape index (κ1) is 11.8. The summed E-state index contributed by atoms with van der Waals surface area (Å²) >= 11 is 0. The van der Waals surface area contributed by atoms with Crippen molar-refractivity contribution >= 4 is 5.69 Å². The Balaban J connectivity index is 2.43. The molecule has 0 aliphatic heterocycles. The second-order valence-corrected chi connectivity index (χ2v) is 4.01. The van der Waals surface area contributed by atoms with E-state index in [-0.39, 0.29) is 0 Å². The van der Waals surface area contributed by atoms with E-state index in [1.165, 1.54) is 0 Å². The summed E-state index contributed by atoms with van der Waals surface area (Å²) in [7, 11) is 0. The molecule has 2 nitrogen and oxygen atoms in total. The largest absolute Gasteiger partial charge is 0.321 e. The molecule has 0 spiro atoms. The monoisotopic (exact) mass is 204 g/mol. The Morgan fingerprint density at radius 2 is 1.93 bits per heavy atom. The topological polar surface area (TPSA) is 24.1 Å². The van der Waals surface area contributed by atoms with E-state index in [9.17, 15) is 0 Å². The second-order valence-electron chi connectivity index (χ2n) is 4.01. The van der Waals surface area contributed by atoms with Crippen LogP contribution in [0.3, 0.4) is 0 Å². The van der Waals surface area contributed by atoms with Gasteiger partial charge in [-0.25, -0.2) is 5.43 Å².